The summed E-state index contributed by atoms with van der Waals surface area (Å²) in [6.45, 7) is 6.51. The Kier molecular flexibility index (Phi) is 5.01. The summed E-state index contributed by atoms with van der Waals surface area (Å²) in [6.07, 6.45) is 0.156. The number of hydrogen-bond donors (Lipinski definition) is 1. The van der Waals surface area contributed by atoms with Gasteiger partial charge in [0.25, 0.3) is 0 Å². The van der Waals surface area contributed by atoms with Gasteiger partial charge in [-0.1, -0.05) is 31.5 Å². The lowest BCUT2D eigenvalue weighted by molar-refractivity contribution is -0.138. The summed E-state index contributed by atoms with van der Waals surface area (Å²) in [7, 11) is 0. The molecule has 0 fully saturated rings. The maximum atomic E-state index is 10.7. The van der Waals surface area contributed by atoms with Crippen LogP contribution in [0.3, 0.4) is 0 Å². The van der Waals surface area contributed by atoms with Gasteiger partial charge >= 0.3 is 5.97 Å². The number of aliphatic carboxylic acids is 1. The smallest absolute Gasteiger partial charge is 0.303 e. The van der Waals surface area contributed by atoms with Gasteiger partial charge in [0.05, 0.1) is 13.0 Å². The number of carboxylic acid groups (broad SMARTS) is 1. The van der Waals surface area contributed by atoms with Crippen molar-refractivity contribution in [3.8, 4) is 5.75 Å². The van der Waals surface area contributed by atoms with Crippen LogP contribution >= 0.6 is 0 Å². The van der Waals surface area contributed by atoms with Crippen LogP contribution in [0.15, 0.2) is 24.3 Å². The van der Waals surface area contributed by atoms with Crippen LogP contribution in [0.1, 0.15) is 25.8 Å². The van der Waals surface area contributed by atoms with E-state index < -0.39 is 5.97 Å². The van der Waals surface area contributed by atoms with Crippen molar-refractivity contribution in [3.05, 3.63) is 29.8 Å². The van der Waals surface area contributed by atoms with Crippen molar-refractivity contribution in [2.24, 2.45) is 11.8 Å². The molecule has 0 aromatic heterocycles. The minimum Gasteiger partial charge on any atom is -0.493 e. The fourth-order valence-electron chi connectivity index (χ4n) is 1.55. The molecule has 0 aliphatic rings. The molecule has 0 radical (unpaired) electrons. The van der Waals surface area contributed by atoms with Gasteiger partial charge < -0.3 is 9.84 Å². The van der Waals surface area contributed by atoms with Crippen molar-refractivity contribution < 1.29 is 14.6 Å². The first-order valence-electron chi connectivity index (χ1n) is 5.90. The molecule has 0 aliphatic heterocycles. The first-order valence-corrected chi connectivity index (χ1v) is 5.90. The number of carbonyl (C=O) groups is 1. The summed E-state index contributed by atoms with van der Waals surface area (Å²) in [4.78, 5) is 10.7. The van der Waals surface area contributed by atoms with Gasteiger partial charge in [0.15, 0.2) is 0 Å². The van der Waals surface area contributed by atoms with E-state index in [0.717, 1.165) is 5.75 Å². The molecule has 1 unspecified atom stereocenters. The average Bonchev–Trinajstić information content (AvgIpc) is 2.25. The van der Waals surface area contributed by atoms with Crippen molar-refractivity contribution in [2.75, 3.05) is 6.61 Å². The van der Waals surface area contributed by atoms with Crippen LogP contribution < -0.4 is 4.74 Å². The zero-order valence-corrected chi connectivity index (χ0v) is 10.6. The first-order chi connectivity index (χ1) is 7.99. The second-order valence-corrected chi connectivity index (χ2v) is 4.73. The topological polar surface area (TPSA) is 46.5 Å². The Morgan fingerprint density at radius 1 is 1.29 bits per heavy atom. The van der Waals surface area contributed by atoms with Gasteiger partial charge in [-0.3, -0.25) is 4.79 Å². The molecule has 1 atom stereocenters. The van der Waals surface area contributed by atoms with Gasteiger partial charge in [-0.2, -0.15) is 0 Å². The summed E-state index contributed by atoms with van der Waals surface area (Å²) in [5.41, 5.74) is 1.18. The van der Waals surface area contributed by atoms with Gasteiger partial charge in [-0.15, -0.1) is 0 Å². The van der Waals surface area contributed by atoms with Crippen LogP contribution in [0, 0.1) is 18.8 Å². The molecule has 0 saturated heterocycles. The van der Waals surface area contributed by atoms with E-state index >= 15 is 0 Å². The quantitative estimate of drug-likeness (QED) is 0.825. The van der Waals surface area contributed by atoms with Gasteiger partial charge in [-0.05, 0) is 25.0 Å². The lowest BCUT2D eigenvalue weighted by atomic mass is 9.93. The third kappa shape index (κ3) is 4.89. The standard InChI is InChI=1S/C14H20O3/c1-10(2)12(8-14(15)16)9-17-13-6-4-11(3)5-7-13/h4-7,10,12H,8-9H2,1-3H3,(H,15,16). The molecule has 1 rings (SSSR count). The molecule has 3 nitrogen and oxygen atoms in total. The Morgan fingerprint density at radius 3 is 2.35 bits per heavy atom. The SMILES string of the molecule is Cc1ccc(OCC(CC(=O)O)C(C)C)cc1. The Labute approximate surface area is 102 Å². The van der Waals surface area contributed by atoms with Crippen LogP contribution in [0.25, 0.3) is 0 Å². The number of hydrogen-bond acceptors (Lipinski definition) is 2. The van der Waals surface area contributed by atoms with Crippen LogP contribution in [0.5, 0.6) is 5.75 Å². The minimum absolute atomic E-state index is 0.0498. The number of benzene rings is 1. The molecule has 0 aliphatic carbocycles. The van der Waals surface area contributed by atoms with Crippen molar-refractivity contribution in [1.29, 1.82) is 0 Å². The molecule has 1 aromatic rings. The molecule has 17 heavy (non-hydrogen) atoms. The summed E-state index contributed by atoms with van der Waals surface area (Å²) in [5.74, 6) is 0.383. The molecule has 0 spiro atoms. The number of aryl methyl sites for hydroxylation is 1. The molecule has 0 heterocycles. The first kappa shape index (κ1) is 13.6. The average molecular weight is 236 g/mol. The van der Waals surface area contributed by atoms with Crippen LogP contribution in [0.4, 0.5) is 0 Å². The molecular formula is C14H20O3. The van der Waals surface area contributed by atoms with E-state index in [0.29, 0.717) is 12.5 Å². The molecule has 0 amide bonds. The third-order valence-electron chi connectivity index (χ3n) is 2.86. The zero-order valence-electron chi connectivity index (χ0n) is 10.6. The van der Waals surface area contributed by atoms with Crippen molar-refractivity contribution in [2.45, 2.75) is 27.2 Å². The van der Waals surface area contributed by atoms with Gasteiger partial charge in [0, 0.05) is 5.92 Å². The third-order valence-corrected chi connectivity index (χ3v) is 2.86. The van der Waals surface area contributed by atoms with Crippen molar-refractivity contribution in [1.82, 2.24) is 0 Å². The van der Waals surface area contributed by atoms with E-state index in [-0.39, 0.29) is 12.3 Å². The highest BCUT2D eigenvalue weighted by molar-refractivity contribution is 5.67. The van der Waals surface area contributed by atoms with Gasteiger partial charge in [0.1, 0.15) is 5.75 Å². The van der Waals surface area contributed by atoms with E-state index in [9.17, 15) is 4.79 Å². The molecule has 1 aromatic carbocycles. The summed E-state index contributed by atoms with van der Waals surface area (Å²) in [6, 6.07) is 7.79. The lowest BCUT2D eigenvalue weighted by Gasteiger charge is -2.19. The Bertz CT molecular complexity index is 354. The number of ether oxygens (including phenoxy) is 1. The van der Waals surface area contributed by atoms with Crippen LogP contribution in [-0.4, -0.2) is 17.7 Å². The van der Waals surface area contributed by atoms with E-state index in [2.05, 4.69) is 0 Å². The number of rotatable bonds is 6. The predicted octanol–water partition coefficient (Wildman–Crippen LogP) is 3.12. The monoisotopic (exact) mass is 236 g/mol. The van der Waals surface area contributed by atoms with Crippen LogP contribution in [0.2, 0.25) is 0 Å². The summed E-state index contributed by atoms with van der Waals surface area (Å²) < 4.78 is 5.62. The lowest BCUT2D eigenvalue weighted by Crippen LogP contribution is -2.21. The maximum absolute atomic E-state index is 10.7. The Hall–Kier alpha value is -1.51. The largest absolute Gasteiger partial charge is 0.493 e. The molecule has 94 valence electrons. The van der Waals surface area contributed by atoms with E-state index in [4.69, 9.17) is 9.84 Å². The highest BCUT2D eigenvalue weighted by atomic mass is 16.5. The molecule has 0 bridgehead atoms. The van der Waals surface area contributed by atoms with Gasteiger partial charge in [0.2, 0.25) is 0 Å². The second kappa shape index (κ2) is 6.28. The van der Waals surface area contributed by atoms with Crippen molar-refractivity contribution in [3.63, 3.8) is 0 Å². The summed E-state index contributed by atoms with van der Waals surface area (Å²) >= 11 is 0. The molecule has 3 heteroatoms. The highest BCUT2D eigenvalue weighted by Gasteiger charge is 2.17. The molecule has 1 N–H and O–H groups in total. The molecular weight excluding hydrogens is 216 g/mol. The maximum Gasteiger partial charge on any atom is 0.303 e. The molecule has 0 saturated carbocycles. The summed E-state index contributed by atoms with van der Waals surface area (Å²) in [5, 5.41) is 8.81. The second-order valence-electron chi connectivity index (χ2n) is 4.73. The Balaban J connectivity index is 2.51. The fraction of sp³-hybridized carbons (Fsp3) is 0.500. The minimum atomic E-state index is -0.767. The number of carboxylic acids is 1. The highest BCUT2D eigenvalue weighted by Crippen LogP contribution is 2.18. The Morgan fingerprint density at radius 2 is 1.88 bits per heavy atom. The zero-order chi connectivity index (χ0) is 12.8. The van der Waals surface area contributed by atoms with Gasteiger partial charge in [-0.25, -0.2) is 0 Å². The van der Waals surface area contributed by atoms with E-state index in [1.807, 2.05) is 45.0 Å². The predicted molar refractivity (Wildman–Crippen MR) is 67.3 cm³/mol. The van der Waals surface area contributed by atoms with E-state index in [1.165, 1.54) is 5.56 Å². The van der Waals surface area contributed by atoms with E-state index in [1.54, 1.807) is 0 Å². The normalized spacial score (nSPS) is 12.5. The van der Waals surface area contributed by atoms with Crippen LogP contribution in [-0.2, 0) is 4.79 Å². The fourth-order valence-corrected chi connectivity index (χ4v) is 1.55. The van der Waals surface area contributed by atoms with Crippen molar-refractivity contribution >= 4 is 5.97 Å².